The van der Waals surface area contributed by atoms with E-state index in [1.165, 1.54) is 0 Å². The third-order valence-corrected chi connectivity index (χ3v) is 2.19. The summed E-state index contributed by atoms with van der Waals surface area (Å²) in [6.45, 7) is 2.46. The van der Waals surface area contributed by atoms with E-state index in [2.05, 4.69) is 20.4 Å². The van der Waals surface area contributed by atoms with E-state index in [9.17, 15) is 0 Å². The molecule has 2 aromatic rings. The predicted molar refractivity (Wildman–Crippen MR) is 62.0 cm³/mol. The lowest BCUT2D eigenvalue weighted by Gasteiger charge is -2.07. The van der Waals surface area contributed by atoms with Crippen molar-refractivity contribution < 1.29 is 9.26 Å². The van der Waals surface area contributed by atoms with Crippen LogP contribution in [0.15, 0.2) is 22.9 Å². The summed E-state index contributed by atoms with van der Waals surface area (Å²) in [4.78, 5) is 8.30. The van der Waals surface area contributed by atoms with Crippen molar-refractivity contribution in [2.24, 2.45) is 0 Å². The zero-order valence-electron chi connectivity index (χ0n) is 9.80. The Morgan fingerprint density at radius 1 is 1.47 bits per heavy atom. The molecule has 1 N–H and O–H groups in total. The summed E-state index contributed by atoms with van der Waals surface area (Å²) in [6, 6.07) is 3.68. The normalized spacial score (nSPS) is 10.2. The van der Waals surface area contributed by atoms with Crippen LogP contribution < -0.4 is 10.1 Å². The number of aryl methyl sites for hydroxylation is 1. The van der Waals surface area contributed by atoms with Crippen LogP contribution in [-0.2, 0) is 6.42 Å². The molecule has 0 aliphatic carbocycles. The highest BCUT2D eigenvalue weighted by molar-refractivity contribution is 5.49. The summed E-state index contributed by atoms with van der Waals surface area (Å²) in [5.74, 6) is 2.70. The zero-order valence-corrected chi connectivity index (χ0v) is 9.80. The van der Waals surface area contributed by atoms with Crippen molar-refractivity contribution in [2.75, 3.05) is 19.0 Å². The highest BCUT2D eigenvalue weighted by atomic mass is 16.5. The quantitative estimate of drug-likeness (QED) is 0.843. The van der Waals surface area contributed by atoms with Crippen LogP contribution in [0.5, 0.6) is 5.75 Å². The maximum absolute atomic E-state index is 5.18. The van der Waals surface area contributed by atoms with Gasteiger partial charge in [0.05, 0.1) is 7.11 Å². The van der Waals surface area contributed by atoms with Crippen molar-refractivity contribution in [3.8, 4) is 5.75 Å². The van der Waals surface area contributed by atoms with Gasteiger partial charge in [0, 0.05) is 19.2 Å². The first-order valence-corrected chi connectivity index (χ1v) is 5.31. The van der Waals surface area contributed by atoms with E-state index in [4.69, 9.17) is 9.26 Å². The summed E-state index contributed by atoms with van der Waals surface area (Å²) in [5.41, 5.74) is 0. The number of pyridine rings is 1. The van der Waals surface area contributed by atoms with E-state index in [-0.39, 0.29) is 0 Å². The molecule has 0 spiro atoms. The molecular formula is C11H14N4O2. The van der Waals surface area contributed by atoms with Crippen LogP contribution in [0, 0.1) is 6.92 Å². The van der Waals surface area contributed by atoms with Gasteiger partial charge in [-0.25, -0.2) is 4.98 Å². The number of hydrogen-bond acceptors (Lipinski definition) is 6. The van der Waals surface area contributed by atoms with Crippen molar-refractivity contribution in [3.63, 3.8) is 0 Å². The molecule has 6 nitrogen and oxygen atoms in total. The van der Waals surface area contributed by atoms with E-state index in [0.29, 0.717) is 36.2 Å². The van der Waals surface area contributed by atoms with Crippen LogP contribution in [0.25, 0.3) is 0 Å². The van der Waals surface area contributed by atoms with Gasteiger partial charge in [0.15, 0.2) is 17.4 Å². The first kappa shape index (κ1) is 11.4. The molecule has 0 unspecified atom stereocenters. The van der Waals surface area contributed by atoms with Crippen molar-refractivity contribution in [3.05, 3.63) is 30.0 Å². The van der Waals surface area contributed by atoms with Gasteiger partial charge in [-0.15, -0.1) is 0 Å². The Balaban J connectivity index is 1.89. The number of methoxy groups -OCH3 is 1. The number of anilines is 1. The third-order valence-electron chi connectivity index (χ3n) is 2.19. The maximum Gasteiger partial charge on any atom is 0.228 e. The van der Waals surface area contributed by atoms with Crippen molar-refractivity contribution in [2.45, 2.75) is 13.3 Å². The first-order chi connectivity index (χ1) is 8.29. The Morgan fingerprint density at radius 2 is 2.35 bits per heavy atom. The number of nitrogens with zero attached hydrogens (tertiary/aromatic N) is 3. The van der Waals surface area contributed by atoms with Gasteiger partial charge in [-0.2, -0.15) is 4.98 Å². The fourth-order valence-corrected chi connectivity index (χ4v) is 1.42. The molecule has 0 aromatic carbocycles. The van der Waals surface area contributed by atoms with Crippen molar-refractivity contribution in [1.29, 1.82) is 0 Å². The lowest BCUT2D eigenvalue weighted by Crippen LogP contribution is -2.07. The zero-order chi connectivity index (χ0) is 12.1. The standard InChI is InChI=1S/C11H14N4O2/c1-8-14-10(17-15-8)5-7-13-11-9(16-2)4-3-6-12-11/h3-4,6H,5,7H2,1-2H3,(H,12,13). The van der Waals surface area contributed by atoms with E-state index in [1.807, 2.05) is 12.1 Å². The molecule has 0 fully saturated rings. The molecule has 0 bridgehead atoms. The fourth-order valence-electron chi connectivity index (χ4n) is 1.42. The van der Waals surface area contributed by atoms with Gasteiger partial charge >= 0.3 is 0 Å². The third kappa shape index (κ3) is 2.93. The SMILES string of the molecule is COc1cccnc1NCCc1nc(C)no1. The first-order valence-electron chi connectivity index (χ1n) is 5.31. The molecule has 90 valence electrons. The molecule has 17 heavy (non-hydrogen) atoms. The van der Waals surface area contributed by atoms with Gasteiger partial charge in [0.25, 0.3) is 0 Å². The smallest absolute Gasteiger partial charge is 0.228 e. The second kappa shape index (κ2) is 5.29. The molecule has 2 heterocycles. The molecule has 0 aliphatic heterocycles. The summed E-state index contributed by atoms with van der Waals surface area (Å²) in [7, 11) is 1.61. The molecule has 0 aliphatic rings. The lowest BCUT2D eigenvalue weighted by molar-refractivity contribution is 0.376. The summed E-state index contributed by atoms with van der Waals surface area (Å²) < 4.78 is 10.2. The molecule has 0 radical (unpaired) electrons. The number of aromatic nitrogens is 3. The molecule has 2 rings (SSSR count). The van der Waals surface area contributed by atoms with E-state index in [1.54, 1.807) is 20.2 Å². The second-order valence-electron chi connectivity index (χ2n) is 3.47. The van der Waals surface area contributed by atoms with Crippen LogP contribution >= 0.6 is 0 Å². The summed E-state index contributed by atoms with van der Waals surface area (Å²) in [6.07, 6.45) is 2.36. The summed E-state index contributed by atoms with van der Waals surface area (Å²) in [5, 5.41) is 6.88. The number of hydrogen-bond donors (Lipinski definition) is 1. The number of ether oxygens (including phenoxy) is 1. The molecule has 0 saturated heterocycles. The largest absolute Gasteiger partial charge is 0.493 e. The highest BCUT2D eigenvalue weighted by Crippen LogP contribution is 2.19. The van der Waals surface area contributed by atoms with Gasteiger partial charge in [-0.05, 0) is 19.1 Å². The Kier molecular flexibility index (Phi) is 3.54. The van der Waals surface area contributed by atoms with Gasteiger partial charge in [0.1, 0.15) is 0 Å². The average Bonchev–Trinajstić information content (AvgIpc) is 2.76. The van der Waals surface area contributed by atoms with Crippen molar-refractivity contribution in [1.82, 2.24) is 15.1 Å². The molecule has 2 aromatic heterocycles. The Labute approximate surface area is 99.0 Å². The number of nitrogens with one attached hydrogen (secondary N) is 1. The lowest BCUT2D eigenvalue weighted by atomic mass is 10.4. The second-order valence-corrected chi connectivity index (χ2v) is 3.47. The van der Waals surface area contributed by atoms with Gasteiger partial charge in [0.2, 0.25) is 5.89 Å². The fraction of sp³-hybridized carbons (Fsp3) is 0.364. The van der Waals surface area contributed by atoms with Crippen molar-refractivity contribution >= 4 is 5.82 Å². The Hall–Kier alpha value is -2.11. The molecule has 6 heteroatoms. The van der Waals surface area contributed by atoms with E-state index >= 15 is 0 Å². The number of rotatable bonds is 5. The minimum Gasteiger partial charge on any atom is -0.493 e. The summed E-state index contributed by atoms with van der Waals surface area (Å²) >= 11 is 0. The minimum atomic E-state index is 0.616. The van der Waals surface area contributed by atoms with Crippen LogP contribution in [0.3, 0.4) is 0 Å². The monoisotopic (exact) mass is 234 g/mol. The predicted octanol–water partition coefficient (Wildman–Crippen LogP) is 1.44. The van der Waals surface area contributed by atoms with Gasteiger partial charge in [-0.3, -0.25) is 0 Å². The van der Waals surface area contributed by atoms with Gasteiger partial charge in [-0.1, -0.05) is 5.16 Å². The van der Waals surface area contributed by atoms with E-state index < -0.39 is 0 Å². The molecule has 0 saturated carbocycles. The highest BCUT2D eigenvalue weighted by Gasteiger charge is 2.05. The van der Waals surface area contributed by atoms with Crippen LogP contribution in [0.2, 0.25) is 0 Å². The average molecular weight is 234 g/mol. The molecular weight excluding hydrogens is 220 g/mol. The van der Waals surface area contributed by atoms with Crippen LogP contribution in [-0.4, -0.2) is 28.8 Å². The Morgan fingerprint density at radius 3 is 3.06 bits per heavy atom. The molecule has 0 atom stereocenters. The topological polar surface area (TPSA) is 73.1 Å². The van der Waals surface area contributed by atoms with E-state index in [0.717, 1.165) is 0 Å². The molecule has 0 amide bonds. The maximum atomic E-state index is 5.18. The van der Waals surface area contributed by atoms with Crippen LogP contribution in [0.4, 0.5) is 5.82 Å². The van der Waals surface area contributed by atoms with Crippen LogP contribution in [0.1, 0.15) is 11.7 Å². The Bertz CT molecular complexity index is 484. The van der Waals surface area contributed by atoms with Gasteiger partial charge < -0.3 is 14.6 Å². The minimum absolute atomic E-state index is 0.616.